The molecule has 2 atom stereocenters. The van der Waals surface area contributed by atoms with E-state index in [0.717, 1.165) is 13.1 Å². The number of nitrogens with one attached hydrogen (secondary N) is 1. The van der Waals surface area contributed by atoms with Crippen molar-refractivity contribution >= 4 is 5.91 Å². The quantitative estimate of drug-likeness (QED) is 0.659. The molecule has 0 radical (unpaired) electrons. The number of hydrogen-bond donors (Lipinski definition) is 1. The van der Waals surface area contributed by atoms with E-state index < -0.39 is 0 Å². The molecule has 0 aliphatic carbocycles. The molecule has 0 aromatic heterocycles. The summed E-state index contributed by atoms with van der Waals surface area (Å²) in [7, 11) is 0. The molecule has 1 N–H and O–H groups in total. The predicted octanol–water partition coefficient (Wildman–Crippen LogP) is 1.02. The van der Waals surface area contributed by atoms with Crippen molar-refractivity contribution in [3.8, 4) is 0 Å². The van der Waals surface area contributed by atoms with E-state index in [0.29, 0.717) is 12.3 Å². The van der Waals surface area contributed by atoms with Crippen LogP contribution in [0.2, 0.25) is 0 Å². The highest BCUT2D eigenvalue weighted by Crippen LogP contribution is 2.31. The fraction of sp³-hybridized carbons (Fsp3) is 0.364. The van der Waals surface area contributed by atoms with E-state index in [1.807, 2.05) is 5.01 Å². The Morgan fingerprint density at radius 2 is 2.21 bits per heavy atom. The van der Waals surface area contributed by atoms with E-state index in [-0.39, 0.29) is 5.91 Å². The lowest BCUT2D eigenvalue weighted by Crippen LogP contribution is -2.51. The highest BCUT2D eigenvalue weighted by Gasteiger charge is 2.31. The summed E-state index contributed by atoms with van der Waals surface area (Å²) in [6, 6.07) is 8.41. The number of nitrogens with zero attached hydrogens (tertiary/aromatic N) is 1. The number of hydrazine groups is 1. The predicted molar refractivity (Wildman–Crippen MR) is 52.4 cm³/mol. The van der Waals surface area contributed by atoms with Crippen molar-refractivity contribution in [2.75, 3.05) is 6.54 Å². The second-order valence-electron chi connectivity index (χ2n) is 4.02. The van der Waals surface area contributed by atoms with E-state index >= 15 is 0 Å². The maximum atomic E-state index is 11.3. The first-order valence-corrected chi connectivity index (χ1v) is 4.95. The first kappa shape index (κ1) is 8.00. The minimum atomic E-state index is 0.149. The van der Waals surface area contributed by atoms with Gasteiger partial charge in [0.2, 0.25) is 5.91 Å². The van der Waals surface area contributed by atoms with E-state index in [1.165, 1.54) is 11.1 Å². The van der Waals surface area contributed by atoms with Crippen LogP contribution >= 0.6 is 0 Å². The van der Waals surface area contributed by atoms with Crippen LogP contribution in [0, 0.1) is 0 Å². The molecule has 2 heterocycles. The van der Waals surface area contributed by atoms with Crippen LogP contribution in [-0.2, 0) is 11.3 Å². The standard InChI is InChI=1S/C11H12N2O/c14-11-5-9-7-13(12-11)6-8-3-1-2-4-10(8)9/h1-4,9H,5-7H2,(H,12,14). The van der Waals surface area contributed by atoms with Crippen molar-refractivity contribution in [1.82, 2.24) is 10.4 Å². The van der Waals surface area contributed by atoms with Crippen LogP contribution in [-0.4, -0.2) is 17.5 Å². The van der Waals surface area contributed by atoms with Crippen LogP contribution in [0.4, 0.5) is 0 Å². The molecule has 0 spiro atoms. The molecule has 1 saturated heterocycles. The lowest BCUT2D eigenvalue weighted by molar-refractivity contribution is -0.130. The molecule has 2 bridgehead atoms. The Balaban J connectivity index is 2.05. The van der Waals surface area contributed by atoms with E-state index in [4.69, 9.17) is 0 Å². The Morgan fingerprint density at radius 3 is 3.14 bits per heavy atom. The molecule has 2 aliphatic rings. The van der Waals surface area contributed by atoms with Gasteiger partial charge in [-0.1, -0.05) is 24.3 Å². The van der Waals surface area contributed by atoms with E-state index in [1.54, 1.807) is 0 Å². The summed E-state index contributed by atoms with van der Waals surface area (Å²) in [6.45, 7) is 1.81. The lowest BCUT2D eigenvalue weighted by atomic mass is 9.87. The van der Waals surface area contributed by atoms with Crippen LogP contribution < -0.4 is 5.43 Å². The Kier molecular flexibility index (Phi) is 1.61. The number of rotatable bonds is 0. The third-order valence-electron chi connectivity index (χ3n) is 3.01. The molecule has 3 rings (SSSR count). The third-order valence-corrected chi connectivity index (χ3v) is 3.01. The molecule has 2 aliphatic heterocycles. The zero-order chi connectivity index (χ0) is 9.54. The van der Waals surface area contributed by atoms with Gasteiger partial charge in [0.25, 0.3) is 0 Å². The van der Waals surface area contributed by atoms with Gasteiger partial charge >= 0.3 is 0 Å². The smallest absolute Gasteiger partial charge is 0.234 e. The van der Waals surface area contributed by atoms with Gasteiger partial charge in [0.1, 0.15) is 0 Å². The first-order chi connectivity index (χ1) is 6.83. The van der Waals surface area contributed by atoms with Crippen LogP contribution in [0.1, 0.15) is 23.5 Å². The summed E-state index contributed by atoms with van der Waals surface area (Å²) >= 11 is 0. The first-order valence-electron chi connectivity index (χ1n) is 4.95. The molecule has 72 valence electrons. The molecule has 3 heteroatoms. The largest absolute Gasteiger partial charge is 0.289 e. The maximum absolute atomic E-state index is 11.3. The van der Waals surface area contributed by atoms with Crippen molar-refractivity contribution in [2.24, 2.45) is 0 Å². The Hall–Kier alpha value is -1.35. The van der Waals surface area contributed by atoms with Crippen molar-refractivity contribution in [3.05, 3.63) is 35.4 Å². The van der Waals surface area contributed by atoms with Gasteiger partial charge in [-0.05, 0) is 11.1 Å². The molecule has 14 heavy (non-hydrogen) atoms. The zero-order valence-corrected chi connectivity index (χ0v) is 7.86. The second-order valence-corrected chi connectivity index (χ2v) is 4.02. The molecule has 1 aromatic carbocycles. The van der Waals surface area contributed by atoms with Crippen LogP contribution in [0.15, 0.2) is 24.3 Å². The summed E-state index contributed by atoms with van der Waals surface area (Å²) in [6.07, 6.45) is 0.632. The van der Waals surface area contributed by atoms with Crippen molar-refractivity contribution < 1.29 is 4.79 Å². The minimum Gasteiger partial charge on any atom is -0.289 e. The molecule has 1 aromatic rings. The normalized spacial score (nSPS) is 29.3. The summed E-state index contributed by atoms with van der Waals surface area (Å²) in [5.74, 6) is 0.546. The van der Waals surface area contributed by atoms with Gasteiger partial charge in [0, 0.05) is 25.4 Å². The molecule has 3 nitrogen and oxygen atoms in total. The van der Waals surface area contributed by atoms with Crippen molar-refractivity contribution in [1.29, 1.82) is 0 Å². The minimum absolute atomic E-state index is 0.149. The van der Waals surface area contributed by atoms with Gasteiger partial charge in [0.05, 0.1) is 0 Å². The van der Waals surface area contributed by atoms with Crippen LogP contribution in [0.5, 0.6) is 0 Å². The van der Waals surface area contributed by atoms with Gasteiger partial charge in [-0.2, -0.15) is 0 Å². The summed E-state index contributed by atoms with van der Waals surface area (Å²) in [5.41, 5.74) is 5.59. The zero-order valence-electron chi connectivity index (χ0n) is 7.86. The van der Waals surface area contributed by atoms with Crippen LogP contribution in [0.25, 0.3) is 0 Å². The molecule has 0 saturated carbocycles. The average Bonchev–Trinajstić information content (AvgIpc) is 2.17. The van der Waals surface area contributed by atoms with Gasteiger partial charge < -0.3 is 0 Å². The number of hydrogen-bond acceptors (Lipinski definition) is 2. The SMILES string of the molecule is O=C1CC2CN(Cc3ccccc32)N1. The average molecular weight is 188 g/mol. The van der Waals surface area contributed by atoms with Gasteiger partial charge in [-0.25, -0.2) is 5.01 Å². The number of amides is 1. The second kappa shape index (κ2) is 2.82. The fourth-order valence-corrected chi connectivity index (χ4v) is 2.42. The van der Waals surface area contributed by atoms with E-state index in [2.05, 4.69) is 29.7 Å². The maximum Gasteiger partial charge on any atom is 0.234 e. The summed E-state index contributed by atoms with van der Waals surface area (Å²) in [5, 5.41) is 2.01. The van der Waals surface area contributed by atoms with E-state index in [9.17, 15) is 4.79 Å². The Labute approximate surface area is 82.7 Å². The summed E-state index contributed by atoms with van der Waals surface area (Å²) in [4.78, 5) is 11.3. The molecular weight excluding hydrogens is 176 g/mol. The lowest BCUT2D eigenvalue weighted by Gasteiger charge is -2.38. The molecular formula is C11H12N2O. The molecule has 2 unspecified atom stereocenters. The number of carbonyl (C=O) groups is 1. The highest BCUT2D eigenvalue weighted by molar-refractivity contribution is 5.77. The monoisotopic (exact) mass is 188 g/mol. The number of benzene rings is 1. The van der Waals surface area contributed by atoms with Crippen molar-refractivity contribution in [2.45, 2.75) is 18.9 Å². The van der Waals surface area contributed by atoms with Gasteiger partial charge in [-0.3, -0.25) is 10.2 Å². The van der Waals surface area contributed by atoms with Crippen LogP contribution in [0.3, 0.4) is 0 Å². The fourth-order valence-electron chi connectivity index (χ4n) is 2.42. The molecule has 1 fully saturated rings. The Bertz CT molecular complexity index is 389. The number of fused-ring (bicyclic) bond motifs is 4. The number of carbonyl (C=O) groups excluding carboxylic acids is 1. The van der Waals surface area contributed by atoms with Crippen molar-refractivity contribution in [3.63, 3.8) is 0 Å². The Morgan fingerprint density at radius 1 is 1.36 bits per heavy atom. The molecule has 1 amide bonds. The topological polar surface area (TPSA) is 32.3 Å². The van der Waals surface area contributed by atoms with Gasteiger partial charge in [-0.15, -0.1) is 0 Å². The highest BCUT2D eigenvalue weighted by atomic mass is 16.2. The third kappa shape index (κ3) is 1.13. The summed E-state index contributed by atoms with van der Waals surface area (Å²) < 4.78 is 0. The van der Waals surface area contributed by atoms with Gasteiger partial charge in [0.15, 0.2) is 0 Å².